The topological polar surface area (TPSA) is 47.8 Å². The van der Waals surface area contributed by atoms with Crippen LogP contribution in [0.25, 0.3) is 15.7 Å². The summed E-state index contributed by atoms with van der Waals surface area (Å²) in [5.41, 5.74) is -0.0185. The van der Waals surface area contributed by atoms with Crippen molar-refractivity contribution in [1.29, 1.82) is 0 Å². The van der Waals surface area contributed by atoms with Gasteiger partial charge >= 0.3 is 5.97 Å². The summed E-state index contributed by atoms with van der Waals surface area (Å²) in [4.78, 5) is 25.3. The fourth-order valence-corrected chi connectivity index (χ4v) is 3.59. The first-order valence-corrected chi connectivity index (χ1v) is 7.80. The highest BCUT2D eigenvalue weighted by atomic mass is 35.5. The molecule has 0 spiro atoms. The van der Waals surface area contributed by atoms with Crippen LogP contribution in [0.1, 0.15) is 22.8 Å². The summed E-state index contributed by atoms with van der Waals surface area (Å²) in [5.74, 6) is -1.36. The third-order valence-corrected chi connectivity index (χ3v) is 4.61. The van der Waals surface area contributed by atoms with E-state index in [1.807, 2.05) is 0 Å². The number of carbonyl (C=O) groups is 1. The van der Waals surface area contributed by atoms with Crippen molar-refractivity contribution >= 4 is 44.6 Å². The van der Waals surface area contributed by atoms with Crippen molar-refractivity contribution in [1.82, 2.24) is 4.40 Å². The summed E-state index contributed by atoms with van der Waals surface area (Å²) >= 11 is 7.12. The van der Waals surface area contributed by atoms with Gasteiger partial charge in [0.15, 0.2) is 0 Å². The van der Waals surface area contributed by atoms with E-state index in [9.17, 15) is 14.0 Å². The van der Waals surface area contributed by atoms with Crippen molar-refractivity contribution in [2.75, 3.05) is 6.61 Å². The number of ether oxygens (including phenoxy) is 1. The zero-order valence-corrected chi connectivity index (χ0v) is 13.3. The zero-order valence-electron chi connectivity index (χ0n) is 11.8. The molecule has 3 aromatic rings. The van der Waals surface area contributed by atoms with E-state index in [1.165, 1.54) is 24.3 Å². The summed E-state index contributed by atoms with van der Waals surface area (Å²) in [6.07, 6.45) is 1.71. The average Bonchev–Trinajstić information content (AvgIpc) is 2.94. The summed E-state index contributed by atoms with van der Waals surface area (Å²) in [5, 5.41) is 1.82. The van der Waals surface area contributed by atoms with E-state index in [1.54, 1.807) is 22.9 Å². The second-order valence-corrected chi connectivity index (χ2v) is 6.00. The fraction of sp³-hybridized carbons (Fsp3) is 0.200. The molecule has 0 radical (unpaired) electrons. The molecule has 0 bridgehead atoms. The van der Waals surface area contributed by atoms with Gasteiger partial charge in [0, 0.05) is 11.6 Å². The van der Waals surface area contributed by atoms with Crippen LogP contribution in [0.5, 0.6) is 0 Å². The van der Waals surface area contributed by atoms with Gasteiger partial charge in [-0.1, -0.05) is 11.6 Å². The quantitative estimate of drug-likeness (QED) is 0.667. The standard InChI is InChI=1S/C15H11ClFNO3S/c1-3-21-15(20)11-13(19)10-7(2)12(17)8(16)6-9(10)18-4-5-22-14(11)18/h4-6H,3H2,1-2H3. The summed E-state index contributed by atoms with van der Waals surface area (Å²) in [7, 11) is 0. The van der Waals surface area contributed by atoms with Crippen LogP contribution in [0.4, 0.5) is 4.39 Å². The molecule has 2 aromatic heterocycles. The Labute approximate surface area is 133 Å². The Balaban J connectivity index is 2.56. The maximum atomic E-state index is 14.1. The van der Waals surface area contributed by atoms with Gasteiger partial charge < -0.3 is 9.14 Å². The lowest BCUT2D eigenvalue weighted by Gasteiger charge is -2.10. The van der Waals surface area contributed by atoms with Crippen LogP contribution < -0.4 is 5.43 Å². The number of fused-ring (bicyclic) bond motifs is 3. The molecule has 0 saturated carbocycles. The van der Waals surface area contributed by atoms with Gasteiger partial charge in [-0.25, -0.2) is 9.18 Å². The molecule has 4 nitrogen and oxygen atoms in total. The molecule has 0 aliphatic carbocycles. The van der Waals surface area contributed by atoms with Gasteiger partial charge in [0.25, 0.3) is 0 Å². The van der Waals surface area contributed by atoms with E-state index in [0.29, 0.717) is 10.3 Å². The van der Waals surface area contributed by atoms with Crippen LogP contribution >= 0.6 is 22.9 Å². The van der Waals surface area contributed by atoms with Crippen LogP contribution in [0.15, 0.2) is 22.4 Å². The second kappa shape index (κ2) is 5.37. The minimum atomic E-state index is -0.705. The molecule has 0 atom stereocenters. The Morgan fingerprint density at radius 2 is 2.23 bits per heavy atom. The van der Waals surface area contributed by atoms with Crippen LogP contribution in [-0.2, 0) is 4.74 Å². The number of rotatable bonds is 2. The molecule has 0 aliphatic heterocycles. The fourth-order valence-electron chi connectivity index (χ4n) is 2.47. The lowest BCUT2D eigenvalue weighted by atomic mass is 10.1. The first-order valence-electron chi connectivity index (χ1n) is 6.54. The number of esters is 1. The Morgan fingerprint density at radius 1 is 1.50 bits per heavy atom. The smallest absolute Gasteiger partial charge is 0.345 e. The predicted octanol–water partition coefficient (Wildman–Crippen LogP) is 3.79. The largest absolute Gasteiger partial charge is 0.462 e. The van der Waals surface area contributed by atoms with E-state index >= 15 is 0 Å². The van der Waals surface area contributed by atoms with E-state index in [0.717, 1.165) is 0 Å². The van der Waals surface area contributed by atoms with Crippen molar-refractivity contribution < 1.29 is 13.9 Å². The molecule has 0 saturated heterocycles. The van der Waals surface area contributed by atoms with Gasteiger partial charge in [0.05, 0.1) is 22.5 Å². The predicted molar refractivity (Wildman–Crippen MR) is 84.7 cm³/mol. The molecular weight excluding hydrogens is 329 g/mol. The zero-order chi connectivity index (χ0) is 16.0. The number of benzene rings is 1. The van der Waals surface area contributed by atoms with Gasteiger partial charge in [-0.2, -0.15) is 0 Å². The Hall–Kier alpha value is -1.92. The number of carbonyl (C=O) groups excluding carboxylic acids is 1. The van der Waals surface area contributed by atoms with Gasteiger partial charge in [-0.3, -0.25) is 4.79 Å². The van der Waals surface area contributed by atoms with Gasteiger partial charge in [-0.15, -0.1) is 11.3 Å². The highest BCUT2D eigenvalue weighted by Gasteiger charge is 2.23. The average molecular weight is 340 g/mol. The maximum Gasteiger partial charge on any atom is 0.345 e. The molecule has 2 heterocycles. The van der Waals surface area contributed by atoms with Gasteiger partial charge in [0.1, 0.15) is 16.2 Å². The highest BCUT2D eigenvalue weighted by molar-refractivity contribution is 7.16. The van der Waals surface area contributed by atoms with Gasteiger partial charge in [-0.05, 0) is 25.5 Å². The van der Waals surface area contributed by atoms with Crippen LogP contribution in [0.3, 0.4) is 0 Å². The number of halogens is 2. The van der Waals surface area contributed by atoms with E-state index in [-0.39, 0.29) is 28.1 Å². The van der Waals surface area contributed by atoms with Crippen LogP contribution in [-0.4, -0.2) is 17.0 Å². The van der Waals surface area contributed by atoms with Crippen LogP contribution in [0.2, 0.25) is 5.02 Å². The molecule has 0 amide bonds. The van der Waals surface area contributed by atoms with Crippen molar-refractivity contribution in [2.24, 2.45) is 0 Å². The lowest BCUT2D eigenvalue weighted by molar-refractivity contribution is 0.0527. The van der Waals surface area contributed by atoms with Crippen molar-refractivity contribution in [3.8, 4) is 0 Å². The van der Waals surface area contributed by atoms with E-state index < -0.39 is 17.2 Å². The first kappa shape index (κ1) is 15.0. The van der Waals surface area contributed by atoms with E-state index in [4.69, 9.17) is 16.3 Å². The van der Waals surface area contributed by atoms with Crippen molar-refractivity contribution in [3.63, 3.8) is 0 Å². The highest BCUT2D eigenvalue weighted by Crippen LogP contribution is 2.29. The minimum absolute atomic E-state index is 0.0618. The summed E-state index contributed by atoms with van der Waals surface area (Å²) in [6, 6.07) is 1.40. The van der Waals surface area contributed by atoms with Crippen molar-refractivity contribution in [2.45, 2.75) is 13.8 Å². The molecule has 22 heavy (non-hydrogen) atoms. The second-order valence-electron chi connectivity index (χ2n) is 4.69. The van der Waals surface area contributed by atoms with E-state index in [2.05, 4.69) is 0 Å². The molecule has 0 unspecified atom stereocenters. The van der Waals surface area contributed by atoms with Crippen molar-refractivity contribution in [3.05, 3.63) is 49.8 Å². The minimum Gasteiger partial charge on any atom is -0.462 e. The molecule has 7 heteroatoms. The molecule has 0 N–H and O–H groups in total. The summed E-state index contributed by atoms with van der Waals surface area (Å²) < 4.78 is 20.7. The third-order valence-electron chi connectivity index (χ3n) is 3.45. The molecular formula is C15H11ClFNO3S. The number of pyridine rings is 1. The first-order chi connectivity index (χ1) is 10.5. The SMILES string of the molecule is CCOC(=O)c1c(=O)c2c(C)c(F)c(Cl)cc2n2ccsc12. The molecule has 1 aromatic carbocycles. The molecule has 114 valence electrons. The number of hydrogen-bond donors (Lipinski definition) is 0. The number of aryl methyl sites for hydroxylation is 1. The van der Waals surface area contributed by atoms with Gasteiger partial charge in [0.2, 0.25) is 5.43 Å². The third kappa shape index (κ3) is 2.02. The Kier molecular flexibility index (Phi) is 3.66. The number of hydrogen-bond acceptors (Lipinski definition) is 4. The number of nitrogens with zero attached hydrogens (tertiary/aromatic N) is 1. The monoisotopic (exact) mass is 339 g/mol. The molecule has 3 rings (SSSR count). The number of thiazole rings is 1. The van der Waals surface area contributed by atoms with Crippen LogP contribution in [0, 0.1) is 12.7 Å². The lowest BCUT2D eigenvalue weighted by Crippen LogP contribution is -2.20. The number of aromatic nitrogens is 1. The molecule has 0 aliphatic rings. The maximum absolute atomic E-state index is 14.1. The Morgan fingerprint density at radius 3 is 2.91 bits per heavy atom. The normalized spacial score (nSPS) is 11.3. The Bertz CT molecular complexity index is 976. The molecule has 0 fully saturated rings. The summed E-state index contributed by atoms with van der Waals surface area (Å²) in [6.45, 7) is 3.29.